The summed E-state index contributed by atoms with van der Waals surface area (Å²) in [5, 5.41) is 0. The predicted molar refractivity (Wildman–Crippen MR) is 388 cm³/mol. The van der Waals surface area contributed by atoms with Crippen LogP contribution in [-0.2, 0) is 20.4 Å². The Bertz CT molecular complexity index is 3370. The molecule has 8 rings (SSSR count). The molecule has 4 nitrogen and oxygen atoms in total. The molecule has 90 heavy (non-hydrogen) atoms. The van der Waals surface area contributed by atoms with Crippen molar-refractivity contribution in [3.05, 3.63) is 208 Å². The molecule has 0 fully saturated rings. The van der Waals surface area contributed by atoms with Crippen molar-refractivity contribution in [1.29, 1.82) is 0 Å². The standard InChI is InChI=1S/C19H24BrN.3C19H24N.C4H9.2CH4.2Li.Pd/c1-9-10(2)14(6)18(20)17(13(9)5)19-15(7)11(3)12(4)16(8)21-19;3*1-10-9-18(15(6)12(3)11(10)2)19-16(7)13(4)14(5)17(8)20-19;1-3-4-2;;;;;/h1-8H3;3*1-8H3;1,3-4H2,2H3;2*1H4;;;/q;4*-1;;;2*+1;+2. The summed E-state index contributed by atoms with van der Waals surface area (Å²) < 4.78 is 1.18. The van der Waals surface area contributed by atoms with Crippen molar-refractivity contribution >= 4 is 15.9 Å². The van der Waals surface area contributed by atoms with E-state index in [1.54, 1.807) is 0 Å². The molecule has 0 spiro atoms. The van der Waals surface area contributed by atoms with Gasteiger partial charge >= 0.3 is 58.1 Å². The first-order chi connectivity index (χ1) is 39.3. The SMILES string of the molecule is C.C.Cc1[c-]c(-c2nc(C)c(C)c(C)c2C)c(C)c(C)c1C.Cc1[c-]c(-c2nc(C)c(C)c(C)c2C)c(C)c(C)c1C.Cc1[c-]c(-c2nc(C)c(C)c(C)c2C)c(C)c(C)c1C.Cc1nc(-c2c(C)c(C)c(C)c(C)c2Br)c(C)c(C)c1C.[CH2-]CCC.[Li+].[Li+].[Pd+2]. The van der Waals surface area contributed by atoms with Gasteiger partial charge in [-0.1, -0.05) is 145 Å². The number of rotatable bonds is 5. The zero-order valence-corrected chi connectivity index (χ0v) is 64.7. The van der Waals surface area contributed by atoms with Gasteiger partial charge < -0.3 is 21.9 Å². The smallest absolute Gasteiger partial charge is 0.343 e. The number of halogens is 1. The molecule has 0 N–H and O–H groups in total. The average molecular weight is 1360 g/mol. The second-order valence-corrected chi connectivity index (χ2v) is 25.5. The van der Waals surface area contributed by atoms with E-state index in [4.69, 9.17) is 19.9 Å². The zero-order chi connectivity index (χ0) is 65.0. The average Bonchev–Trinajstić information content (AvgIpc) is 0.942. The fourth-order valence-electron chi connectivity index (χ4n) is 10.9. The summed E-state index contributed by atoms with van der Waals surface area (Å²) in [7, 11) is 0. The fraction of sp³-hybridized carbons (Fsp3) is 0.451. The van der Waals surface area contributed by atoms with Crippen LogP contribution in [0.2, 0.25) is 0 Å². The van der Waals surface area contributed by atoms with Gasteiger partial charge in [-0.05, 0) is 227 Å². The minimum Gasteiger partial charge on any atom is -0.343 e. The van der Waals surface area contributed by atoms with Crippen molar-refractivity contribution in [2.24, 2.45) is 0 Å². The van der Waals surface area contributed by atoms with Crippen molar-refractivity contribution in [1.82, 2.24) is 19.9 Å². The summed E-state index contributed by atoms with van der Waals surface area (Å²) in [6.07, 6.45) is 2.28. The van der Waals surface area contributed by atoms with E-state index >= 15 is 0 Å². The quantitative estimate of drug-likeness (QED) is 0.127. The molecule has 0 bridgehead atoms. The van der Waals surface area contributed by atoms with Crippen molar-refractivity contribution < 1.29 is 58.1 Å². The fourth-order valence-corrected chi connectivity index (χ4v) is 11.7. The molecule has 0 saturated heterocycles. The van der Waals surface area contributed by atoms with E-state index in [0.717, 1.165) is 68.7 Å². The number of unbranched alkanes of at least 4 members (excludes halogenated alkanes) is 1. The summed E-state index contributed by atoms with van der Waals surface area (Å²) in [6, 6.07) is 10.7. The van der Waals surface area contributed by atoms with Crippen LogP contribution in [0.4, 0.5) is 0 Å². The number of pyridine rings is 4. The first-order valence-electron chi connectivity index (χ1n) is 30.7. The monoisotopic (exact) mass is 1350 g/mol. The Morgan fingerprint density at radius 2 is 0.467 bits per heavy atom. The maximum absolute atomic E-state index is 4.91. The van der Waals surface area contributed by atoms with E-state index in [9.17, 15) is 0 Å². The predicted octanol–water partition coefficient (Wildman–Crippen LogP) is 17.9. The van der Waals surface area contributed by atoms with E-state index < -0.39 is 0 Å². The largest absolute Gasteiger partial charge is 2.00 e. The Kier molecular flexibility index (Phi) is 35.6. The number of hydrogen-bond acceptors (Lipinski definition) is 4. The third-order valence-electron chi connectivity index (χ3n) is 20.2. The van der Waals surface area contributed by atoms with Crippen LogP contribution in [0.25, 0.3) is 45.0 Å². The van der Waals surface area contributed by atoms with Gasteiger partial charge in [0.1, 0.15) is 0 Å². The van der Waals surface area contributed by atoms with Crippen molar-refractivity contribution in [2.75, 3.05) is 0 Å². The summed E-state index contributed by atoms with van der Waals surface area (Å²) in [5.41, 5.74) is 50.3. The number of nitrogens with zero attached hydrogens (tertiary/aromatic N) is 4. The van der Waals surface area contributed by atoms with Gasteiger partial charge in [-0.25, -0.2) is 0 Å². The van der Waals surface area contributed by atoms with Crippen molar-refractivity contribution in [3.63, 3.8) is 0 Å². The number of aryl methyl sites for hydroxylation is 7. The molecular formula is C82H113BrLi2N4Pd. The van der Waals surface area contributed by atoms with Crippen LogP contribution in [0.15, 0.2) is 4.47 Å². The van der Waals surface area contributed by atoms with E-state index in [0.29, 0.717) is 0 Å². The summed E-state index contributed by atoms with van der Waals surface area (Å²) in [5.74, 6) is 0. The zero-order valence-electron chi connectivity index (χ0n) is 61.6. The minimum absolute atomic E-state index is 0. The van der Waals surface area contributed by atoms with Gasteiger partial charge in [0.2, 0.25) is 0 Å². The molecule has 480 valence electrons. The molecule has 0 saturated carbocycles. The van der Waals surface area contributed by atoms with Gasteiger partial charge in [0.25, 0.3) is 0 Å². The molecule has 4 aromatic heterocycles. The van der Waals surface area contributed by atoms with E-state index in [-0.39, 0.29) is 73.0 Å². The molecule has 0 atom stereocenters. The molecule has 0 amide bonds. The number of hydrogen-bond donors (Lipinski definition) is 0. The third-order valence-corrected chi connectivity index (χ3v) is 21.2. The molecule has 8 heteroatoms. The van der Waals surface area contributed by atoms with Crippen LogP contribution in [0, 0.1) is 247 Å². The van der Waals surface area contributed by atoms with Crippen LogP contribution in [0.1, 0.15) is 213 Å². The van der Waals surface area contributed by atoms with Crippen molar-refractivity contribution in [2.45, 2.75) is 256 Å². The van der Waals surface area contributed by atoms with Crippen LogP contribution >= 0.6 is 15.9 Å². The van der Waals surface area contributed by atoms with Crippen LogP contribution in [0.5, 0.6) is 0 Å². The molecule has 0 aliphatic carbocycles. The van der Waals surface area contributed by atoms with Crippen LogP contribution in [0.3, 0.4) is 0 Å². The van der Waals surface area contributed by atoms with Crippen LogP contribution in [-0.4, -0.2) is 19.9 Å². The Hall–Kier alpha value is -4.18. The van der Waals surface area contributed by atoms with Gasteiger partial charge in [0.15, 0.2) is 0 Å². The van der Waals surface area contributed by atoms with Gasteiger partial charge in [-0.3, -0.25) is 4.98 Å². The summed E-state index contributed by atoms with van der Waals surface area (Å²) >= 11 is 3.81. The minimum atomic E-state index is 0. The van der Waals surface area contributed by atoms with E-state index in [2.05, 4.69) is 270 Å². The van der Waals surface area contributed by atoms with Gasteiger partial charge in [-0.2, -0.15) is 6.42 Å². The number of aromatic nitrogens is 4. The molecule has 0 aliphatic heterocycles. The van der Waals surface area contributed by atoms with Crippen molar-refractivity contribution in [3.8, 4) is 45.0 Å². The molecule has 0 aliphatic rings. The second kappa shape index (κ2) is 36.5. The Labute approximate surface area is 598 Å². The topological polar surface area (TPSA) is 51.6 Å². The third kappa shape index (κ3) is 18.4. The normalized spacial score (nSPS) is 10.3. The molecule has 8 aromatic rings. The summed E-state index contributed by atoms with van der Waals surface area (Å²) in [6.45, 7) is 74.9. The van der Waals surface area contributed by atoms with Gasteiger partial charge in [-0.15, -0.1) is 102 Å². The Morgan fingerprint density at radius 3 is 0.700 bits per heavy atom. The molecule has 4 aromatic carbocycles. The van der Waals surface area contributed by atoms with Gasteiger partial charge in [0, 0.05) is 32.8 Å². The van der Waals surface area contributed by atoms with E-state index in [1.807, 2.05) is 0 Å². The van der Waals surface area contributed by atoms with Gasteiger partial charge in [0.05, 0.1) is 5.69 Å². The Balaban J connectivity index is 0. The molecule has 0 radical (unpaired) electrons. The summed E-state index contributed by atoms with van der Waals surface area (Å²) in [4.78, 5) is 19.4. The van der Waals surface area contributed by atoms with Crippen LogP contribution < -0.4 is 37.7 Å². The molecular weight excluding hydrogens is 1240 g/mol. The first kappa shape index (κ1) is 87.9. The first-order valence-corrected chi connectivity index (χ1v) is 31.5. The maximum Gasteiger partial charge on any atom is 2.00 e. The second-order valence-electron chi connectivity index (χ2n) is 24.7. The Morgan fingerprint density at radius 1 is 0.278 bits per heavy atom. The number of benzene rings is 4. The van der Waals surface area contributed by atoms with E-state index in [1.165, 1.54) is 172 Å². The molecule has 0 unspecified atom stereocenters. The molecule has 4 heterocycles. The maximum atomic E-state index is 4.91.